The molecule has 0 amide bonds. The van der Waals surface area contributed by atoms with Gasteiger partial charge in [0.05, 0.1) is 17.0 Å². The number of anilines is 1. The van der Waals surface area contributed by atoms with E-state index >= 15 is 0 Å². The zero-order valence-corrected chi connectivity index (χ0v) is 17.7. The molecule has 7 nitrogen and oxygen atoms in total. The van der Waals surface area contributed by atoms with Crippen molar-refractivity contribution in [3.8, 4) is 11.4 Å². The molecule has 0 spiro atoms. The molecule has 0 bridgehead atoms. The SMILES string of the molecule is O=S(=O)(Nc1ccccc1Cc1nc(-c2cccnc2)no1)c1ccc2ccccc2c1. The summed E-state index contributed by atoms with van der Waals surface area (Å²) >= 11 is 0. The number of hydrogen-bond acceptors (Lipinski definition) is 6. The fourth-order valence-corrected chi connectivity index (χ4v) is 4.55. The van der Waals surface area contributed by atoms with Crippen LogP contribution >= 0.6 is 0 Å². The van der Waals surface area contributed by atoms with E-state index < -0.39 is 10.0 Å². The van der Waals surface area contributed by atoms with Gasteiger partial charge in [0, 0.05) is 18.0 Å². The molecule has 5 rings (SSSR count). The van der Waals surface area contributed by atoms with Crippen LogP contribution in [0.25, 0.3) is 22.2 Å². The second-order valence-electron chi connectivity index (χ2n) is 7.20. The van der Waals surface area contributed by atoms with Crippen LogP contribution in [-0.2, 0) is 16.4 Å². The molecule has 0 unspecified atom stereocenters. The van der Waals surface area contributed by atoms with Gasteiger partial charge >= 0.3 is 0 Å². The van der Waals surface area contributed by atoms with Crippen molar-refractivity contribution in [3.63, 3.8) is 0 Å². The molecule has 0 aliphatic heterocycles. The predicted octanol–water partition coefficient (Wildman–Crippen LogP) is 4.68. The number of hydrogen-bond donors (Lipinski definition) is 1. The van der Waals surface area contributed by atoms with Gasteiger partial charge in [-0.1, -0.05) is 53.7 Å². The number of aromatic nitrogens is 3. The summed E-state index contributed by atoms with van der Waals surface area (Å²) in [7, 11) is -3.78. The first kappa shape index (κ1) is 19.9. The first-order chi connectivity index (χ1) is 15.6. The van der Waals surface area contributed by atoms with Crippen LogP contribution in [0.3, 0.4) is 0 Å². The van der Waals surface area contributed by atoms with Crippen LogP contribution in [0.1, 0.15) is 11.5 Å². The highest BCUT2D eigenvalue weighted by molar-refractivity contribution is 7.92. The van der Waals surface area contributed by atoms with Gasteiger partial charge in [-0.25, -0.2) is 8.42 Å². The van der Waals surface area contributed by atoms with Gasteiger partial charge in [0.2, 0.25) is 11.7 Å². The number of pyridine rings is 1. The van der Waals surface area contributed by atoms with Crippen LogP contribution in [0.5, 0.6) is 0 Å². The minimum atomic E-state index is -3.78. The Hall–Kier alpha value is -4.04. The van der Waals surface area contributed by atoms with Crippen molar-refractivity contribution in [1.82, 2.24) is 15.1 Å². The lowest BCUT2D eigenvalue weighted by atomic mass is 10.1. The van der Waals surface area contributed by atoms with Gasteiger partial charge in [-0.15, -0.1) is 0 Å². The van der Waals surface area contributed by atoms with E-state index in [9.17, 15) is 8.42 Å². The third-order valence-corrected chi connectivity index (χ3v) is 6.39. The number of para-hydroxylation sites is 1. The highest BCUT2D eigenvalue weighted by Gasteiger charge is 2.18. The maximum atomic E-state index is 13.1. The summed E-state index contributed by atoms with van der Waals surface area (Å²) < 4.78 is 34.2. The number of fused-ring (bicyclic) bond motifs is 1. The van der Waals surface area contributed by atoms with Crippen LogP contribution in [0.2, 0.25) is 0 Å². The topological polar surface area (TPSA) is 98.0 Å². The number of rotatable bonds is 6. The summed E-state index contributed by atoms with van der Waals surface area (Å²) in [6.07, 6.45) is 3.60. The van der Waals surface area contributed by atoms with Gasteiger partial charge in [0.1, 0.15) is 0 Å². The van der Waals surface area contributed by atoms with E-state index in [2.05, 4.69) is 19.8 Å². The third kappa shape index (κ3) is 4.08. The Morgan fingerprint density at radius 3 is 2.53 bits per heavy atom. The molecule has 0 saturated carbocycles. The Kier molecular flexibility index (Phi) is 5.12. The second kappa shape index (κ2) is 8.24. The Bertz CT molecular complexity index is 1500. The molecule has 8 heteroatoms. The number of nitrogens with zero attached hydrogens (tertiary/aromatic N) is 3. The molecule has 3 aromatic carbocycles. The number of benzene rings is 3. The lowest BCUT2D eigenvalue weighted by Crippen LogP contribution is -2.14. The summed E-state index contributed by atoms with van der Waals surface area (Å²) in [5, 5.41) is 5.84. The Balaban J connectivity index is 1.41. The maximum absolute atomic E-state index is 13.1. The molecular weight excluding hydrogens is 424 g/mol. The zero-order chi connectivity index (χ0) is 22.0. The maximum Gasteiger partial charge on any atom is 0.261 e. The van der Waals surface area contributed by atoms with Gasteiger partial charge in [0.25, 0.3) is 10.0 Å². The summed E-state index contributed by atoms with van der Waals surface area (Å²) in [6.45, 7) is 0. The van der Waals surface area contributed by atoms with Crippen LogP contribution in [0, 0.1) is 0 Å². The van der Waals surface area contributed by atoms with Crippen molar-refractivity contribution in [2.45, 2.75) is 11.3 Å². The van der Waals surface area contributed by atoms with Crippen molar-refractivity contribution in [1.29, 1.82) is 0 Å². The summed E-state index contributed by atoms with van der Waals surface area (Å²) in [5.41, 5.74) is 1.92. The van der Waals surface area contributed by atoms with E-state index in [-0.39, 0.29) is 11.3 Å². The van der Waals surface area contributed by atoms with E-state index in [0.29, 0.717) is 17.4 Å². The van der Waals surface area contributed by atoms with Crippen LogP contribution in [0.15, 0.2) is 101 Å². The first-order valence-electron chi connectivity index (χ1n) is 9.91. The molecule has 0 aliphatic carbocycles. The normalized spacial score (nSPS) is 11.5. The van der Waals surface area contributed by atoms with Gasteiger partial charge in [0.15, 0.2) is 0 Å². The Morgan fingerprint density at radius 2 is 1.69 bits per heavy atom. The van der Waals surface area contributed by atoms with Crippen LogP contribution < -0.4 is 4.72 Å². The molecule has 1 N–H and O–H groups in total. The molecule has 5 aromatic rings. The molecule has 2 heterocycles. The average Bonchev–Trinajstić information content (AvgIpc) is 3.29. The number of nitrogens with one attached hydrogen (secondary N) is 1. The van der Waals surface area contributed by atoms with Crippen molar-refractivity contribution in [2.24, 2.45) is 0 Å². The Morgan fingerprint density at radius 1 is 0.875 bits per heavy atom. The van der Waals surface area contributed by atoms with E-state index in [4.69, 9.17) is 4.52 Å². The molecule has 32 heavy (non-hydrogen) atoms. The molecule has 158 valence electrons. The molecule has 0 aliphatic rings. The van der Waals surface area contributed by atoms with Crippen molar-refractivity contribution < 1.29 is 12.9 Å². The molecule has 0 saturated heterocycles. The van der Waals surface area contributed by atoms with E-state index in [1.165, 1.54) is 0 Å². The largest absolute Gasteiger partial charge is 0.339 e. The van der Waals surface area contributed by atoms with Gasteiger partial charge in [-0.3, -0.25) is 9.71 Å². The van der Waals surface area contributed by atoms with Crippen molar-refractivity contribution >= 4 is 26.5 Å². The van der Waals surface area contributed by atoms with Crippen molar-refractivity contribution in [3.05, 3.63) is 103 Å². The fraction of sp³-hybridized carbons (Fsp3) is 0.0417. The van der Waals surface area contributed by atoms with E-state index in [1.807, 2.05) is 42.5 Å². The molecule has 2 aromatic heterocycles. The third-order valence-electron chi connectivity index (χ3n) is 5.02. The first-order valence-corrected chi connectivity index (χ1v) is 11.4. The number of sulfonamides is 1. The summed E-state index contributed by atoms with van der Waals surface area (Å²) in [6, 6.07) is 23.5. The van der Waals surface area contributed by atoms with E-state index in [1.54, 1.807) is 48.8 Å². The quantitative estimate of drug-likeness (QED) is 0.410. The zero-order valence-electron chi connectivity index (χ0n) is 16.8. The molecule has 0 atom stereocenters. The molecule has 0 radical (unpaired) electrons. The van der Waals surface area contributed by atoms with Gasteiger partial charge in [-0.2, -0.15) is 4.98 Å². The highest BCUT2D eigenvalue weighted by atomic mass is 32.2. The minimum Gasteiger partial charge on any atom is -0.339 e. The smallest absolute Gasteiger partial charge is 0.261 e. The van der Waals surface area contributed by atoms with Crippen molar-refractivity contribution in [2.75, 3.05) is 4.72 Å². The van der Waals surface area contributed by atoms with Crippen LogP contribution in [0.4, 0.5) is 5.69 Å². The Labute approximate surface area is 184 Å². The van der Waals surface area contributed by atoms with Crippen LogP contribution in [-0.4, -0.2) is 23.5 Å². The standard InChI is InChI=1S/C24H18N4O3S/c29-32(30,21-12-11-17-6-1-2-7-18(17)14-21)28-22-10-4-3-8-19(22)15-23-26-24(27-31-23)20-9-5-13-25-16-20/h1-14,16,28H,15H2. The van der Waals surface area contributed by atoms with E-state index in [0.717, 1.165) is 21.9 Å². The molecule has 0 fully saturated rings. The minimum absolute atomic E-state index is 0.197. The fourth-order valence-electron chi connectivity index (χ4n) is 3.41. The average molecular weight is 443 g/mol. The summed E-state index contributed by atoms with van der Waals surface area (Å²) in [5.74, 6) is 0.809. The predicted molar refractivity (Wildman–Crippen MR) is 122 cm³/mol. The lowest BCUT2D eigenvalue weighted by molar-refractivity contribution is 0.386. The monoisotopic (exact) mass is 442 g/mol. The van der Waals surface area contributed by atoms with Gasteiger partial charge < -0.3 is 4.52 Å². The summed E-state index contributed by atoms with van der Waals surface area (Å²) in [4.78, 5) is 8.67. The lowest BCUT2D eigenvalue weighted by Gasteiger charge is -2.12. The second-order valence-corrected chi connectivity index (χ2v) is 8.88. The highest BCUT2D eigenvalue weighted by Crippen LogP contribution is 2.25. The van der Waals surface area contributed by atoms with Gasteiger partial charge in [-0.05, 0) is 46.7 Å². The molecular formula is C24H18N4O3S.